The molecular formula is C50H63N6O13S4+. The zero-order valence-corrected chi connectivity index (χ0v) is 44.5. The van der Waals surface area contributed by atoms with Crippen LogP contribution in [0.2, 0.25) is 0 Å². The van der Waals surface area contributed by atoms with Crippen molar-refractivity contribution in [2.24, 2.45) is 5.11 Å². The number of allylic oxidation sites excluding steroid dienone is 8. The van der Waals surface area contributed by atoms with Crippen molar-refractivity contribution in [3.05, 3.63) is 135 Å². The van der Waals surface area contributed by atoms with E-state index in [1.807, 2.05) is 86.0 Å². The smallest absolute Gasteiger partial charge is 0.294 e. The highest BCUT2D eigenvalue weighted by Gasteiger charge is 2.47. The number of unbranched alkanes of at least 4 members (excludes halogenated alkanes) is 1. The minimum absolute atomic E-state index is 0.0371. The van der Waals surface area contributed by atoms with Gasteiger partial charge in [-0.2, -0.15) is 38.2 Å². The molecule has 2 unspecified atom stereocenters. The van der Waals surface area contributed by atoms with Crippen LogP contribution in [0, 0.1) is 0 Å². The number of azide groups is 1. The zero-order chi connectivity index (χ0) is 53.6. The molecule has 2 heterocycles. The van der Waals surface area contributed by atoms with Crippen molar-refractivity contribution < 1.29 is 61.3 Å². The number of carbonyl (C=O) groups is 1. The van der Waals surface area contributed by atoms with E-state index in [1.165, 1.54) is 24.3 Å². The topological polar surface area (TPSA) is 302 Å². The molecular weight excluding hydrogens is 1020 g/mol. The fraction of sp³-hybridized carbons (Fsp3) is 0.440. The summed E-state index contributed by atoms with van der Waals surface area (Å²) in [7, 11) is -14.2. The van der Waals surface area contributed by atoms with Gasteiger partial charge in [-0.1, -0.05) is 41.5 Å². The van der Waals surface area contributed by atoms with Gasteiger partial charge in [0.15, 0.2) is 5.71 Å². The molecule has 0 saturated heterocycles. The van der Waals surface area contributed by atoms with Gasteiger partial charge in [-0.3, -0.25) is 23.0 Å². The summed E-state index contributed by atoms with van der Waals surface area (Å²) in [6.07, 6.45) is 13.4. The highest BCUT2D eigenvalue weighted by Crippen LogP contribution is 2.51. The molecule has 5 N–H and O–H groups in total. The molecule has 1 amide bonds. The van der Waals surface area contributed by atoms with E-state index in [-0.39, 0.29) is 41.4 Å². The van der Waals surface area contributed by atoms with Gasteiger partial charge in [-0.05, 0) is 160 Å². The maximum atomic E-state index is 12.4. The molecule has 0 aromatic heterocycles. The van der Waals surface area contributed by atoms with Crippen LogP contribution in [0.25, 0.3) is 16.0 Å². The Morgan fingerprint density at radius 1 is 0.781 bits per heavy atom. The van der Waals surface area contributed by atoms with E-state index in [1.54, 1.807) is 12.1 Å². The summed E-state index contributed by atoms with van der Waals surface area (Å²) in [6, 6.07) is 16.7. The van der Waals surface area contributed by atoms with Gasteiger partial charge in [0, 0.05) is 66.0 Å². The van der Waals surface area contributed by atoms with Crippen LogP contribution in [-0.2, 0) is 62.5 Å². The molecule has 0 saturated carbocycles. The number of nitrogens with one attached hydrogen (secondary N) is 1. The SMILES string of the molecule is CN1C(=C/C=C2\CCCC(/C=C/C3=[N+](C)c4ccc(S(=O)(=O)O)cc4C3(C)CCCS(=O)(=O)O)=C2c2ccc(CCCCC(=O)NCCCN=[N+]=[N-])cc2)C(C)(CCCS(=O)(=O)O)c2cc(S(=O)(=O)O)ccc21. The van der Waals surface area contributed by atoms with E-state index in [2.05, 4.69) is 15.3 Å². The standard InChI is InChI=1S/C50H62N6O13S4/c1-49(27-8-31-70(58,59)60)41-33-39(72(64,65)66)21-23-43(41)55(3)45(49)25-19-36-12-7-13-37(48(36)38-17-15-35(16-18-38)11-5-6-14-47(57)52-29-10-30-53-54-51)20-26-46-50(2,28-9-32-71(61,62)63)42-34-40(73(67,68)69)22-24-44(42)56(46)4/h15-26,33-34H,5-14,27-32H2,1-4H3,(H4-,52,57,58,59,60,61,62,63,64,65,66,67,68,69)/p+1. The van der Waals surface area contributed by atoms with E-state index in [4.69, 9.17) is 5.53 Å². The van der Waals surface area contributed by atoms with Gasteiger partial charge in [0.1, 0.15) is 7.05 Å². The number of benzene rings is 3. The summed E-state index contributed by atoms with van der Waals surface area (Å²) >= 11 is 0. The lowest BCUT2D eigenvalue weighted by atomic mass is 9.75. The number of likely N-dealkylation sites (N-methyl/N-ethyl adjacent to an activating group) is 1. The van der Waals surface area contributed by atoms with E-state index in [9.17, 15) is 56.7 Å². The molecule has 1 aliphatic carbocycles. The van der Waals surface area contributed by atoms with Crippen molar-refractivity contribution >= 4 is 69.0 Å². The summed E-state index contributed by atoms with van der Waals surface area (Å²) in [5.41, 5.74) is 15.1. The van der Waals surface area contributed by atoms with Crippen molar-refractivity contribution in [1.29, 1.82) is 0 Å². The molecule has 73 heavy (non-hydrogen) atoms. The number of aryl methyl sites for hydroxylation is 1. The number of nitrogens with zero attached hydrogens (tertiary/aromatic N) is 5. The molecule has 0 fully saturated rings. The average Bonchev–Trinajstić information content (AvgIpc) is 3.64. The minimum Gasteiger partial charge on any atom is -0.356 e. The van der Waals surface area contributed by atoms with Gasteiger partial charge in [0.2, 0.25) is 11.6 Å². The van der Waals surface area contributed by atoms with Crippen LogP contribution in [0.3, 0.4) is 0 Å². The van der Waals surface area contributed by atoms with Crippen molar-refractivity contribution in [3.63, 3.8) is 0 Å². The molecule has 2 atom stereocenters. The third kappa shape index (κ3) is 14.0. The fourth-order valence-corrected chi connectivity index (χ4v) is 12.4. The Morgan fingerprint density at radius 2 is 1.40 bits per heavy atom. The van der Waals surface area contributed by atoms with E-state index < -0.39 is 62.8 Å². The second-order valence-electron chi connectivity index (χ2n) is 19.1. The molecule has 0 radical (unpaired) electrons. The summed E-state index contributed by atoms with van der Waals surface area (Å²) in [5.74, 6) is -1.12. The third-order valence-electron chi connectivity index (χ3n) is 14.1. The maximum Gasteiger partial charge on any atom is 0.294 e. The van der Waals surface area contributed by atoms with Crippen LogP contribution >= 0.6 is 0 Å². The van der Waals surface area contributed by atoms with Crippen LogP contribution < -0.4 is 10.2 Å². The van der Waals surface area contributed by atoms with Crippen LogP contribution in [-0.4, -0.2) is 107 Å². The first-order valence-electron chi connectivity index (χ1n) is 23.9. The monoisotopic (exact) mass is 1080 g/mol. The Bertz CT molecular complexity index is 3310. The molecule has 19 nitrogen and oxygen atoms in total. The number of rotatable bonds is 23. The molecule has 3 aromatic carbocycles. The van der Waals surface area contributed by atoms with Crippen molar-refractivity contribution in [2.45, 2.75) is 112 Å². The predicted molar refractivity (Wildman–Crippen MR) is 279 cm³/mol. The number of hydrogen-bond acceptors (Lipinski definition) is 11. The van der Waals surface area contributed by atoms with Gasteiger partial charge in [0.25, 0.3) is 40.5 Å². The molecule has 23 heteroatoms. The number of carbonyl (C=O) groups excluding carboxylic acids is 1. The molecule has 0 bridgehead atoms. The van der Waals surface area contributed by atoms with Crippen molar-refractivity contribution in [3.8, 4) is 0 Å². The molecule has 0 spiro atoms. The lowest BCUT2D eigenvalue weighted by Gasteiger charge is -2.29. The molecule has 2 aliphatic heterocycles. The predicted octanol–water partition coefficient (Wildman–Crippen LogP) is 8.44. The van der Waals surface area contributed by atoms with Gasteiger partial charge in [0.05, 0.1) is 26.7 Å². The molecule has 3 aromatic rings. The van der Waals surface area contributed by atoms with Crippen LogP contribution in [0.15, 0.2) is 117 Å². The van der Waals surface area contributed by atoms with E-state index in [0.29, 0.717) is 85.5 Å². The third-order valence-corrected chi connectivity index (χ3v) is 17.4. The lowest BCUT2D eigenvalue weighted by molar-refractivity contribution is -0.401. The van der Waals surface area contributed by atoms with Crippen molar-refractivity contribution in [1.82, 2.24) is 5.32 Å². The highest BCUT2D eigenvalue weighted by molar-refractivity contribution is 7.86. The van der Waals surface area contributed by atoms with Crippen LogP contribution in [0.4, 0.5) is 11.4 Å². The van der Waals surface area contributed by atoms with E-state index >= 15 is 0 Å². The Balaban J connectivity index is 1.42. The second kappa shape index (κ2) is 23.0. The van der Waals surface area contributed by atoms with Gasteiger partial charge in [-0.15, -0.1) is 0 Å². The van der Waals surface area contributed by atoms with Crippen LogP contribution in [0.5, 0.6) is 0 Å². The molecule has 6 rings (SSSR count). The maximum absolute atomic E-state index is 12.4. The Kier molecular flexibility index (Phi) is 17.9. The normalized spacial score (nSPS) is 20.5. The first-order chi connectivity index (χ1) is 34.2. The quantitative estimate of drug-likeness (QED) is 0.0149. The summed E-state index contributed by atoms with van der Waals surface area (Å²) in [5, 5.41) is 6.32. The molecule has 3 aliphatic rings. The second-order valence-corrected chi connectivity index (χ2v) is 25.1. The highest BCUT2D eigenvalue weighted by atomic mass is 32.2. The minimum atomic E-state index is -4.60. The lowest BCUT2D eigenvalue weighted by Crippen LogP contribution is -2.31. The van der Waals surface area contributed by atoms with E-state index in [0.717, 1.165) is 40.7 Å². The average molecular weight is 1080 g/mol. The number of fused-ring (bicyclic) bond motifs is 2. The van der Waals surface area contributed by atoms with Gasteiger partial charge < -0.3 is 10.2 Å². The summed E-state index contributed by atoms with van der Waals surface area (Å²) in [4.78, 5) is 16.3. The van der Waals surface area contributed by atoms with Crippen molar-refractivity contribution in [2.75, 3.05) is 43.6 Å². The summed E-state index contributed by atoms with van der Waals surface area (Å²) in [6.45, 7) is 4.46. The Labute approximate surface area is 428 Å². The summed E-state index contributed by atoms with van der Waals surface area (Å²) < 4.78 is 138. The number of anilines is 1. The Morgan fingerprint density at radius 3 is 2.01 bits per heavy atom. The molecule has 394 valence electrons. The first kappa shape index (κ1) is 56.8. The zero-order valence-electron chi connectivity index (χ0n) is 41.2. The number of hydrogen-bond donors (Lipinski definition) is 5. The Hall–Kier alpha value is -5.49. The van der Waals surface area contributed by atoms with Crippen LogP contribution in [0.1, 0.15) is 107 Å². The fourth-order valence-electron chi connectivity index (χ4n) is 10.4. The largest absolute Gasteiger partial charge is 0.356 e. The number of amides is 1. The first-order valence-corrected chi connectivity index (χ1v) is 30.0. The van der Waals surface area contributed by atoms with Gasteiger partial charge in [-0.25, -0.2) is 0 Å². The van der Waals surface area contributed by atoms with Gasteiger partial charge >= 0.3 is 0 Å².